The zero-order valence-electron chi connectivity index (χ0n) is 13.6. The predicted octanol–water partition coefficient (Wildman–Crippen LogP) is 0.608. The molecule has 0 spiro atoms. The van der Waals surface area contributed by atoms with E-state index in [0.717, 1.165) is 25.1 Å². The zero-order valence-corrected chi connectivity index (χ0v) is 13.6. The first kappa shape index (κ1) is 16.5. The lowest BCUT2D eigenvalue weighted by Gasteiger charge is -2.09. The van der Waals surface area contributed by atoms with Gasteiger partial charge < -0.3 is 10.3 Å². The van der Waals surface area contributed by atoms with Crippen molar-refractivity contribution < 1.29 is 0 Å². The van der Waals surface area contributed by atoms with Crippen LogP contribution in [0, 0.1) is 0 Å². The van der Waals surface area contributed by atoms with Gasteiger partial charge in [-0.25, -0.2) is 9.78 Å². The molecule has 122 valence electrons. The van der Waals surface area contributed by atoms with Gasteiger partial charge in [-0.05, 0) is 26.3 Å². The number of nitrogens with two attached hydrogens (primary N) is 1. The van der Waals surface area contributed by atoms with Crippen molar-refractivity contribution in [2.45, 2.75) is 52.6 Å². The van der Waals surface area contributed by atoms with E-state index in [1.54, 1.807) is 4.57 Å². The Morgan fingerprint density at radius 2 is 1.86 bits per heavy atom. The number of aryl methyl sites for hydroxylation is 3. The highest BCUT2D eigenvalue weighted by atomic mass is 16.2. The van der Waals surface area contributed by atoms with E-state index < -0.39 is 0 Å². The molecule has 0 aliphatic heterocycles. The number of imidazole rings is 1. The van der Waals surface area contributed by atoms with Crippen LogP contribution in [0.15, 0.2) is 9.59 Å². The molecule has 0 saturated carbocycles. The molecule has 2 heterocycles. The number of nitrogens with zero attached hydrogens (tertiary/aromatic N) is 4. The molecule has 22 heavy (non-hydrogen) atoms. The van der Waals surface area contributed by atoms with Crippen molar-refractivity contribution in [1.29, 1.82) is 0 Å². The summed E-state index contributed by atoms with van der Waals surface area (Å²) in [7, 11) is 1.53. The van der Waals surface area contributed by atoms with Crippen molar-refractivity contribution in [3.05, 3.63) is 26.7 Å². The van der Waals surface area contributed by atoms with Crippen molar-refractivity contribution in [2.24, 2.45) is 12.8 Å². The van der Waals surface area contributed by atoms with E-state index in [9.17, 15) is 9.59 Å². The maximum Gasteiger partial charge on any atom is 0.332 e. The zero-order chi connectivity index (χ0) is 16.3. The molecule has 7 heteroatoms. The van der Waals surface area contributed by atoms with Crippen LogP contribution in [0.1, 0.15) is 38.9 Å². The molecule has 0 bridgehead atoms. The monoisotopic (exact) mass is 307 g/mol. The number of hydrogen-bond donors (Lipinski definition) is 1. The minimum Gasteiger partial charge on any atom is -0.330 e. The van der Waals surface area contributed by atoms with Crippen molar-refractivity contribution >= 4 is 11.2 Å². The molecule has 0 aromatic carbocycles. The van der Waals surface area contributed by atoms with Crippen LogP contribution >= 0.6 is 0 Å². The van der Waals surface area contributed by atoms with E-state index in [0.29, 0.717) is 37.2 Å². The fourth-order valence-electron chi connectivity index (χ4n) is 2.71. The molecule has 0 aliphatic carbocycles. The molecule has 2 aromatic rings. The van der Waals surface area contributed by atoms with Gasteiger partial charge in [0.15, 0.2) is 11.2 Å². The van der Waals surface area contributed by atoms with E-state index in [-0.39, 0.29) is 11.2 Å². The second-order valence-corrected chi connectivity index (χ2v) is 5.49. The molecule has 7 nitrogen and oxygen atoms in total. The van der Waals surface area contributed by atoms with E-state index in [4.69, 9.17) is 5.73 Å². The molecule has 0 saturated heterocycles. The van der Waals surface area contributed by atoms with E-state index in [1.807, 2.05) is 11.5 Å². The number of aromatic nitrogens is 4. The third-order valence-electron chi connectivity index (χ3n) is 3.96. The highest BCUT2D eigenvalue weighted by molar-refractivity contribution is 5.71. The summed E-state index contributed by atoms with van der Waals surface area (Å²) in [5.41, 5.74) is 6.04. The standard InChI is InChI=1S/C15H25N5O2/c1-4-6-10-20-13-12(14(21)18(3)15(20)22)19(5-2)11(17-13)8-7-9-16/h4-10,16H2,1-3H3. The number of rotatable bonds is 7. The van der Waals surface area contributed by atoms with Gasteiger partial charge in [0, 0.05) is 26.6 Å². The summed E-state index contributed by atoms with van der Waals surface area (Å²) in [6.45, 7) is 5.86. The average Bonchev–Trinajstić information content (AvgIpc) is 2.89. The normalized spacial score (nSPS) is 11.5. The van der Waals surface area contributed by atoms with Crippen molar-refractivity contribution in [2.75, 3.05) is 6.54 Å². The van der Waals surface area contributed by atoms with Crippen LogP contribution in [0.25, 0.3) is 11.2 Å². The lowest BCUT2D eigenvalue weighted by atomic mass is 10.3. The van der Waals surface area contributed by atoms with Crippen LogP contribution in [0.5, 0.6) is 0 Å². The summed E-state index contributed by atoms with van der Waals surface area (Å²) < 4.78 is 4.71. The van der Waals surface area contributed by atoms with Gasteiger partial charge in [-0.2, -0.15) is 0 Å². The minimum atomic E-state index is -0.294. The van der Waals surface area contributed by atoms with Gasteiger partial charge in [0.1, 0.15) is 5.82 Å². The maximum absolute atomic E-state index is 12.5. The molecule has 0 amide bonds. The van der Waals surface area contributed by atoms with Crippen LogP contribution in [-0.4, -0.2) is 25.2 Å². The average molecular weight is 307 g/mol. The van der Waals surface area contributed by atoms with Crippen molar-refractivity contribution in [3.8, 4) is 0 Å². The topological polar surface area (TPSA) is 87.8 Å². The van der Waals surface area contributed by atoms with Crippen LogP contribution in [0.3, 0.4) is 0 Å². The van der Waals surface area contributed by atoms with Gasteiger partial charge in [0.25, 0.3) is 5.56 Å². The quantitative estimate of drug-likeness (QED) is 0.811. The Bertz CT molecular complexity index is 769. The van der Waals surface area contributed by atoms with E-state index in [2.05, 4.69) is 11.9 Å². The van der Waals surface area contributed by atoms with Gasteiger partial charge >= 0.3 is 5.69 Å². The molecule has 2 N–H and O–H groups in total. The first-order chi connectivity index (χ1) is 10.6. The first-order valence-electron chi connectivity index (χ1n) is 7.95. The molecule has 0 radical (unpaired) electrons. The highest BCUT2D eigenvalue weighted by Gasteiger charge is 2.19. The van der Waals surface area contributed by atoms with Crippen molar-refractivity contribution in [1.82, 2.24) is 18.7 Å². The fraction of sp³-hybridized carbons (Fsp3) is 0.667. The minimum absolute atomic E-state index is 0.277. The summed E-state index contributed by atoms with van der Waals surface area (Å²) in [6.07, 6.45) is 3.38. The molecular formula is C15H25N5O2. The maximum atomic E-state index is 12.5. The summed E-state index contributed by atoms with van der Waals surface area (Å²) in [5, 5.41) is 0. The Hall–Kier alpha value is -1.89. The Morgan fingerprint density at radius 3 is 2.45 bits per heavy atom. The molecule has 0 aliphatic rings. The molecule has 0 unspecified atom stereocenters. The lowest BCUT2D eigenvalue weighted by Crippen LogP contribution is -2.38. The number of hydrogen-bond acceptors (Lipinski definition) is 4. The second-order valence-electron chi connectivity index (χ2n) is 5.49. The van der Waals surface area contributed by atoms with Crippen molar-refractivity contribution in [3.63, 3.8) is 0 Å². The van der Waals surface area contributed by atoms with Gasteiger partial charge in [-0.3, -0.25) is 13.9 Å². The Kier molecular flexibility index (Phi) is 5.18. The Morgan fingerprint density at radius 1 is 1.14 bits per heavy atom. The van der Waals surface area contributed by atoms with Crippen LogP contribution < -0.4 is 17.0 Å². The smallest absolute Gasteiger partial charge is 0.330 e. The third kappa shape index (κ3) is 2.72. The number of unbranched alkanes of at least 4 members (excludes halogenated alkanes) is 1. The molecule has 0 atom stereocenters. The van der Waals surface area contributed by atoms with E-state index >= 15 is 0 Å². The van der Waals surface area contributed by atoms with Gasteiger partial charge in [0.05, 0.1) is 0 Å². The lowest BCUT2D eigenvalue weighted by molar-refractivity contribution is 0.583. The fourth-order valence-corrected chi connectivity index (χ4v) is 2.71. The van der Waals surface area contributed by atoms with Crippen LogP contribution in [-0.2, 0) is 26.6 Å². The molecular weight excluding hydrogens is 282 g/mol. The molecule has 2 rings (SSSR count). The Labute approximate surface area is 129 Å². The number of fused-ring (bicyclic) bond motifs is 1. The summed E-state index contributed by atoms with van der Waals surface area (Å²) >= 11 is 0. The SMILES string of the molecule is CCCCn1c(=O)n(C)c(=O)c2c1nc(CCCN)n2CC. The first-order valence-corrected chi connectivity index (χ1v) is 7.95. The predicted molar refractivity (Wildman–Crippen MR) is 87.2 cm³/mol. The third-order valence-corrected chi connectivity index (χ3v) is 3.96. The largest absolute Gasteiger partial charge is 0.332 e. The summed E-state index contributed by atoms with van der Waals surface area (Å²) in [4.78, 5) is 29.5. The van der Waals surface area contributed by atoms with Crippen LogP contribution in [0.4, 0.5) is 0 Å². The van der Waals surface area contributed by atoms with Gasteiger partial charge in [-0.15, -0.1) is 0 Å². The summed E-state index contributed by atoms with van der Waals surface area (Å²) in [6, 6.07) is 0. The van der Waals surface area contributed by atoms with Crippen LogP contribution in [0.2, 0.25) is 0 Å². The van der Waals surface area contributed by atoms with Gasteiger partial charge in [0.2, 0.25) is 0 Å². The molecule has 0 fully saturated rings. The second kappa shape index (κ2) is 6.91. The van der Waals surface area contributed by atoms with E-state index in [1.165, 1.54) is 11.6 Å². The van der Waals surface area contributed by atoms with Gasteiger partial charge in [-0.1, -0.05) is 13.3 Å². The summed E-state index contributed by atoms with van der Waals surface area (Å²) in [5.74, 6) is 0.830. The Balaban J connectivity index is 2.76. The molecule has 2 aromatic heterocycles. The highest BCUT2D eigenvalue weighted by Crippen LogP contribution is 2.13.